The lowest BCUT2D eigenvalue weighted by atomic mass is 9.94. The average Bonchev–Trinajstić information content (AvgIpc) is 2.41. The molecule has 1 unspecified atom stereocenters. The highest BCUT2D eigenvalue weighted by molar-refractivity contribution is 6.55. The van der Waals surface area contributed by atoms with Crippen molar-refractivity contribution in [2.45, 2.75) is 20.0 Å². The summed E-state index contributed by atoms with van der Waals surface area (Å²) in [6.45, 7) is 3.61. The van der Waals surface area contributed by atoms with Crippen molar-refractivity contribution >= 4 is 35.3 Å². The number of nitrogens with one attached hydrogen (secondary N) is 1. The second kappa shape index (κ2) is 7.90. The standard InChI is InChI=1S/C14H15Cl2NO4/c1-8(2)12(21-14(19)20)9-5-3-4-6-10(9)13(18)17-7-11(15)16/h3-8,12H,1-2H3,(H,17,18)(H,19,20). The van der Waals surface area contributed by atoms with Gasteiger partial charge >= 0.3 is 6.16 Å². The van der Waals surface area contributed by atoms with Crippen molar-refractivity contribution in [3.63, 3.8) is 0 Å². The second-order valence-electron chi connectivity index (χ2n) is 4.54. The smallest absolute Gasteiger partial charge is 0.450 e. The molecule has 114 valence electrons. The summed E-state index contributed by atoms with van der Waals surface area (Å²) in [5.74, 6) is -0.591. The normalized spacial score (nSPS) is 11.7. The van der Waals surface area contributed by atoms with E-state index in [4.69, 9.17) is 33.0 Å². The first kappa shape index (κ1) is 17.3. The minimum atomic E-state index is -1.40. The molecule has 0 spiro atoms. The van der Waals surface area contributed by atoms with E-state index in [1.807, 2.05) is 0 Å². The van der Waals surface area contributed by atoms with Gasteiger partial charge in [-0.3, -0.25) is 4.79 Å². The molecule has 1 aromatic rings. The van der Waals surface area contributed by atoms with Crippen molar-refractivity contribution in [3.8, 4) is 0 Å². The second-order valence-corrected chi connectivity index (χ2v) is 5.55. The highest BCUT2D eigenvalue weighted by atomic mass is 35.5. The van der Waals surface area contributed by atoms with E-state index in [9.17, 15) is 9.59 Å². The summed E-state index contributed by atoms with van der Waals surface area (Å²) in [4.78, 5) is 22.9. The number of amides is 1. The van der Waals surface area contributed by atoms with Crippen LogP contribution in [0.15, 0.2) is 35.0 Å². The van der Waals surface area contributed by atoms with Crippen LogP contribution < -0.4 is 5.32 Å². The van der Waals surface area contributed by atoms with E-state index in [-0.39, 0.29) is 10.4 Å². The van der Waals surface area contributed by atoms with Gasteiger partial charge in [0.15, 0.2) is 0 Å². The Balaban J connectivity index is 3.14. The predicted octanol–water partition coefficient (Wildman–Crippen LogP) is 4.08. The molecule has 1 rings (SSSR count). The van der Waals surface area contributed by atoms with Crippen molar-refractivity contribution in [3.05, 3.63) is 46.1 Å². The third-order valence-electron chi connectivity index (χ3n) is 2.66. The Kier molecular flexibility index (Phi) is 6.52. The Morgan fingerprint density at radius 2 is 1.90 bits per heavy atom. The van der Waals surface area contributed by atoms with E-state index in [1.54, 1.807) is 38.1 Å². The molecular weight excluding hydrogens is 317 g/mol. The van der Waals surface area contributed by atoms with Crippen LogP contribution in [0.4, 0.5) is 4.79 Å². The van der Waals surface area contributed by atoms with Crippen molar-refractivity contribution in [2.75, 3.05) is 0 Å². The summed E-state index contributed by atoms with van der Waals surface area (Å²) < 4.78 is 4.79. The van der Waals surface area contributed by atoms with Gasteiger partial charge in [-0.25, -0.2) is 4.79 Å². The minimum absolute atomic E-state index is 0.0944. The number of halogens is 2. The Hall–Kier alpha value is -1.72. The highest BCUT2D eigenvalue weighted by Gasteiger charge is 2.25. The number of carboxylic acid groups (broad SMARTS) is 1. The fourth-order valence-electron chi connectivity index (χ4n) is 1.82. The van der Waals surface area contributed by atoms with Gasteiger partial charge in [0.05, 0.1) is 0 Å². The first-order valence-corrected chi connectivity index (χ1v) is 6.89. The molecule has 0 bridgehead atoms. The molecule has 0 aromatic heterocycles. The van der Waals surface area contributed by atoms with E-state index in [2.05, 4.69) is 5.32 Å². The molecule has 0 aliphatic carbocycles. The molecule has 0 saturated heterocycles. The van der Waals surface area contributed by atoms with Crippen LogP contribution in [0.5, 0.6) is 0 Å². The van der Waals surface area contributed by atoms with Crippen LogP contribution in [-0.4, -0.2) is 17.2 Å². The van der Waals surface area contributed by atoms with Gasteiger partial charge in [0.2, 0.25) is 0 Å². The molecule has 0 heterocycles. The summed E-state index contributed by atoms with van der Waals surface area (Å²) in [5, 5.41) is 11.3. The number of benzene rings is 1. The molecule has 21 heavy (non-hydrogen) atoms. The maximum absolute atomic E-state index is 12.1. The van der Waals surface area contributed by atoms with Crippen LogP contribution in [0.3, 0.4) is 0 Å². The maximum Gasteiger partial charge on any atom is 0.506 e. The fourth-order valence-corrected chi connectivity index (χ4v) is 1.93. The molecule has 0 aliphatic heterocycles. The molecule has 2 N–H and O–H groups in total. The largest absolute Gasteiger partial charge is 0.506 e. The van der Waals surface area contributed by atoms with Crippen LogP contribution in [0.2, 0.25) is 0 Å². The molecular formula is C14H15Cl2NO4. The van der Waals surface area contributed by atoms with Crippen LogP contribution in [0.25, 0.3) is 0 Å². The van der Waals surface area contributed by atoms with Gasteiger partial charge in [-0.1, -0.05) is 55.2 Å². The number of rotatable bonds is 5. The van der Waals surface area contributed by atoms with Crippen molar-refractivity contribution in [1.29, 1.82) is 0 Å². The Bertz CT molecular complexity index is 554. The van der Waals surface area contributed by atoms with E-state index >= 15 is 0 Å². The van der Waals surface area contributed by atoms with Crippen LogP contribution in [-0.2, 0) is 4.74 Å². The first-order valence-electron chi connectivity index (χ1n) is 6.13. The number of hydrogen-bond donors (Lipinski definition) is 2. The van der Waals surface area contributed by atoms with Crippen molar-refractivity contribution < 1.29 is 19.4 Å². The lowest BCUT2D eigenvalue weighted by molar-refractivity contribution is 0.0302. The minimum Gasteiger partial charge on any atom is -0.450 e. The topological polar surface area (TPSA) is 75.6 Å². The monoisotopic (exact) mass is 331 g/mol. The number of carbonyl (C=O) groups excluding carboxylic acids is 1. The number of ether oxygens (including phenoxy) is 1. The average molecular weight is 332 g/mol. The van der Waals surface area contributed by atoms with E-state index in [1.165, 1.54) is 0 Å². The molecule has 0 radical (unpaired) electrons. The third kappa shape index (κ3) is 5.28. The highest BCUT2D eigenvalue weighted by Crippen LogP contribution is 2.28. The molecule has 0 fully saturated rings. The molecule has 0 saturated carbocycles. The number of hydrogen-bond acceptors (Lipinski definition) is 3. The van der Waals surface area contributed by atoms with Gasteiger partial charge in [0.1, 0.15) is 10.6 Å². The molecule has 7 heteroatoms. The quantitative estimate of drug-likeness (QED) is 0.797. The predicted molar refractivity (Wildman–Crippen MR) is 80.4 cm³/mol. The Morgan fingerprint density at radius 1 is 1.29 bits per heavy atom. The van der Waals surface area contributed by atoms with Crippen LogP contribution in [0, 0.1) is 5.92 Å². The van der Waals surface area contributed by atoms with E-state index < -0.39 is 18.2 Å². The first-order chi connectivity index (χ1) is 9.82. The van der Waals surface area contributed by atoms with Crippen LogP contribution in [0.1, 0.15) is 35.9 Å². The van der Waals surface area contributed by atoms with Crippen molar-refractivity contribution in [2.24, 2.45) is 5.92 Å². The molecule has 5 nitrogen and oxygen atoms in total. The van der Waals surface area contributed by atoms with Crippen LogP contribution >= 0.6 is 23.2 Å². The summed E-state index contributed by atoms with van der Waals surface area (Å²) in [7, 11) is 0. The molecule has 1 atom stereocenters. The van der Waals surface area contributed by atoms with Crippen molar-refractivity contribution in [1.82, 2.24) is 5.32 Å². The lowest BCUT2D eigenvalue weighted by Crippen LogP contribution is -2.23. The van der Waals surface area contributed by atoms with Gasteiger partial charge in [-0.2, -0.15) is 0 Å². The zero-order valence-electron chi connectivity index (χ0n) is 11.5. The number of carbonyl (C=O) groups is 2. The van der Waals surface area contributed by atoms with Gasteiger partial charge in [-0.15, -0.1) is 0 Å². The third-order valence-corrected chi connectivity index (χ3v) is 2.88. The van der Waals surface area contributed by atoms with Gasteiger partial charge in [0.25, 0.3) is 5.91 Å². The molecule has 1 amide bonds. The Labute approximate surface area is 132 Å². The van der Waals surface area contributed by atoms with Gasteiger partial charge in [-0.05, 0) is 12.0 Å². The fraction of sp³-hybridized carbons (Fsp3) is 0.286. The maximum atomic E-state index is 12.1. The SMILES string of the molecule is CC(C)C(OC(=O)O)c1ccccc1C(=O)NC=C(Cl)Cl. The van der Waals surface area contributed by atoms with E-state index in [0.717, 1.165) is 6.20 Å². The summed E-state index contributed by atoms with van der Waals surface area (Å²) in [6, 6.07) is 6.59. The zero-order chi connectivity index (χ0) is 16.0. The van der Waals surface area contributed by atoms with Gasteiger partial charge < -0.3 is 15.2 Å². The summed E-state index contributed by atoms with van der Waals surface area (Å²) in [5.41, 5.74) is 0.773. The Morgan fingerprint density at radius 3 is 2.43 bits per heavy atom. The zero-order valence-corrected chi connectivity index (χ0v) is 13.0. The molecule has 1 aromatic carbocycles. The van der Waals surface area contributed by atoms with Gasteiger partial charge in [0, 0.05) is 17.3 Å². The lowest BCUT2D eigenvalue weighted by Gasteiger charge is -2.22. The summed E-state index contributed by atoms with van der Waals surface area (Å²) in [6.07, 6.45) is -1.00. The summed E-state index contributed by atoms with van der Waals surface area (Å²) >= 11 is 10.9. The van der Waals surface area contributed by atoms with E-state index in [0.29, 0.717) is 11.1 Å². The molecule has 0 aliphatic rings.